The summed E-state index contributed by atoms with van der Waals surface area (Å²) in [4.78, 5) is 11.4. The molecule has 0 radical (unpaired) electrons. The van der Waals surface area contributed by atoms with Crippen LogP contribution in [0.2, 0.25) is 0 Å². The highest BCUT2D eigenvalue weighted by molar-refractivity contribution is 5.92. The SMILES string of the molecule is CC(=O)C(C)c1cccc2ccccc12. The maximum Gasteiger partial charge on any atom is 0.137 e. The van der Waals surface area contributed by atoms with Crippen molar-refractivity contribution in [2.24, 2.45) is 0 Å². The summed E-state index contributed by atoms with van der Waals surface area (Å²) in [7, 11) is 0. The first-order valence-corrected chi connectivity index (χ1v) is 5.18. The van der Waals surface area contributed by atoms with Gasteiger partial charge in [0.25, 0.3) is 0 Å². The van der Waals surface area contributed by atoms with Crippen LogP contribution in [0.15, 0.2) is 42.5 Å². The number of benzene rings is 2. The second-order valence-electron chi connectivity index (χ2n) is 3.90. The van der Waals surface area contributed by atoms with Crippen molar-refractivity contribution < 1.29 is 4.79 Å². The molecule has 0 aliphatic carbocycles. The second kappa shape index (κ2) is 3.85. The number of Topliss-reactive ketones (excluding diaryl/α,β-unsaturated/α-hetero) is 1. The van der Waals surface area contributed by atoms with Crippen molar-refractivity contribution in [1.29, 1.82) is 0 Å². The summed E-state index contributed by atoms with van der Waals surface area (Å²) >= 11 is 0. The van der Waals surface area contributed by atoms with E-state index in [9.17, 15) is 4.79 Å². The van der Waals surface area contributed by atoms with Crippen LogP contribution in [0.4, 0.5) is 0 Å². The molecule has 0 bridgehead atoms. The van der Waals surface area contributed by atoms with Gasteiger partial charge in [0.1, 0.15) is 5.78 Å². The molecular weight excluding hydrogens is 184 g/mol. The first-order chi connectivity index (χ1) is 7.20. The Kier molecular flexibility index (Phi) is 2.55. The van der Waals surface area contributed by atoms with Crippen LogP contribution in [0.5, 0.6) is 0 Å². The van der Waals surface area contributed by atoms with Gasteiger partial charge in [-0.2, -0.15) is 0 Å². The largest absolute Gasteiger partial charge is 0.299 e. The van der Waals surface area contributed by atoms with Crippen LogP contribution in [0.25, 0.3) is 10.8 Å². The Hall–Kier alpha value is -1.63. The predicted molar refractivity (Wildman–Crippen MR) is 63.0 cm³/mol. The molecule has 0 fully saturated rings. The highest BCUT2D eigenvalue weighted by atomic mass is 16.1. The first kappa shape index (κ1) is 9.91. The van der Waals surface area contributed by atoms with Crippen molar-refractivity contribution in [2.45, 2.75) is 19.8 Å². The molecule has 0 heterocycles. The van der Waals surface area contributed by atoms with Gasteiger partial charge in [-0.15, -0.1) is 0 Å². The number of hydrogen-bond donors (Lipinski definition) is 0. The quantitative estimate of drug-likeness (QED) is 0.721. The van der Waals surface area contributed by atoms with E-state index in [4.69, 9.17) is 0 Å². The van der Waals surface area contributed by atoms with E-state index in [1.165, 1.54) is 10.8 Å². The van der Waals surface area contributed by atoms with Crippen LogP contribution in [-0.2, 0) is 4.79 Å². The zero-order chi connectivity index (χ0) is 10.8. The second-order valence-corrected chi connectivity index (χ2v) is 3.90. The van der Waals surface area contributed by atoms with Gasteiger partial charge in [-0.25, -0.2) is 0 Å². The predicted octanol–water partition coefficient (Wildman–Crippen LogP) is 3.53. The molecule has 1 heteroatoms. The number of carbonyl (C=O) groups is 1. The molecule has 2 rings (SSSR count). The summed E-state index contributed by atoms with van der Waals surface area (Å²) in [6.45, 7) is 3.61. The highest BCUT2D eigenvalue weighted by Crippen LogP contribution is 2.25. The third kappa shape index (κ3) is 1.78. The lowest BCUT2D eigenvalue weighted by Crippen LogP contribution is -2.04. The van der Waals surface area contributed by atoms with Gasteiger partial charge in [-0.1, -0.05) is 49.4 Å². The number of ketones is 1. The smallest absolute Gasteiger partial charge is 0.137 e. The van der Waals surface area contributed by atoms with Crippen LogP contribution >= 0.6 is 0 Å². The van der Waals surface area contributed by atoms with E-state index in [0.29, 0.717) is 0 Å². The van der Waals surface area contributed by atoms with Crippen LogP contribution in [0.3, 0.4) is 0 Å². The van der Waals surface area contributed by atoms with Crippen LogP contribution in [0, 0.1) is 0 Å². The molecule has 2 aromatic rings. The average Bonchev–Trinajstić information content (AvgIpc) is 2.27. The van der Waals surface area contributed by atoms with Gasteiger partial charge in [0.05, 0.1) is 0 Å². The minimum Gasteiger partial charge on any atom is -0.299 e. The number of hydrogen-bond acceptors (Lipinski definition) is 1. The maximum atomic E-state index is 11.4. The molecule has 0 saturated carbocycles. The highest BCUT2D eigenvalue weighted by Gasteiger charge is 2.12. The number of carbonyl (C=O) groups excluding carboxylic acids is 1. The zero-order valence-corrected chi connectivity index (χ0v) is 9.03. The Morgan fingerprint density at radius 1 is 1.07 bits per heavy atom. The minimum atomic E-state index is -0.0175. The van der Waals surface area contributed by atoms with E-state index in [1.807, 2.05) is 31.2 Å². The van der Waals surface area contributed by atoms with Crippen molar-refractivity contribution in [3.05, 3.63) is 48.0 Å². The Bertz CT molecular complexity index is 494. The summed E-state index contributed by atoms with van der Waals surface area (Å²) in [6, 6.07) is 14.3. The molecular formula is C14H14O. The molecule has 2 aromatic carbocycles. The molecule has 0 amide bonds. The molecule has 0 spiro atoms. The van der Waals surface area contributed by atoms with E-state index in [2.05, 4.69) is 18.2 Å². The van der Waals surface area contributed by atoms with Gasteiger partial charge in [0.2, 0.25) is 0 Å². The Morgan fingerprint density at radius 3 is 2.47 bits per heavy atom. The summed E-state index contributed by atoms with van der Waals surface area (Å²) in [6.07, 6.45) is 0. The molecule has 0 aromatic heterocycles. The fourth-order valence-electron chi connectivity index (χ4n) is 1.85. The molecule has 0 aliphatic rings. The lowest BCUT2D eigenvalue weighted by Gasteiger charge is -2.11. The molecule has 0 saturated heterocycles. The summed E-state index contributed by atoms with van der Waals surface area (Å²) in [5.74, 6) is 0.197. The van der Waals surface area contributed by atoms with Crippen molar-refractivity contribution in [2.75, 3.05) is 0 Å². The molecule has 1 atom stereocenters. The van der Waals surface area contributed by atoms with Crippen LogP contribution in [0.1, 0.15) is 25.3 Å². The Balaban J connectivity index is 2.65. The topological polar surface area (TPSA) is 17.1 Å². The van der Waals surface area contributed by atoms with Gasteiger partial charge >= 0.3 is 0 Å². The lowest BCUT2D eigenvalue weighted by atomic mass is 9.92. The molecule has 0 aliphatic heterocycles. The Labute approximate surface area is 89.7 Å². The summed E-state index contributed by atoms with van der Waals surface area (Å²) in [5, 5.41) is 2.38. The Morgan fingerprint density at radius 2 is 1.73 bits per heavy atom. The van der Waals surface area contributed by atoms with Gasteiger partial charge < -0.3 is 0 Å². The summed E-state index contributed by atoms with van der Waals surface area (Å²) in [5.41, 5.74) is 1.13. The van der Waals surface area contributed by atoms with Crippen LogP contribution in [-0.4, -0.2) is 5.78 Å². The minimum absolute atomic E-state index is 0.0175. The van der Waals surface area contributed by atoms with Crippen LogP contribution < -0.4 is 0 Å². The van der Waals surface area contributed by atoms with Gasteiger partial charge in [-0.05, 0) is 23.3 Å². The fraction of sp³-hybridized carbons (Fsp3) is 0.214. The monoisotopic (exact) mass is 198 g/mol. The molecule has 0 N–H and O–H groups in total. The van der Waals surface area contributed by atoms with E-state index >= 15 is 0 Å². The third-order valence-electron chi connectivity index (χ3n) is 2.90. The third-order valence-corrected chi connectivity index (χ3v) is 2.90. The lowest BCUT2D eigenvalue weighted by molar-refractivity contribution is -0.118. The zero-order valence-electron chi connectivity index (χ0n) is 9.03. The van der Waals surface area contributed by atoms with Crippen molar-refractivity contribution >= 4 is 16.6 Å². The fourth-order valence-corrected chi connectivity index (χ4v) is 1.85. The number of fused-ring (bicyclic) bond motifs is 1. The summed E-state index contributed by atoms with van der Waals surface area (Å²) < 4.78 is 0. The number of rotatable bonds is 2. The van der Waals surface area contributed by atoms with E-state index < -0.39 is 0 Å². The molecule has 15 heavy (non-hydrogen) atoms. The van der Waals surface area contributed by atoms with Gasteiger partial charge in [0, 0.05) is 5.92 Å². The van der Waals surface area contributed by atoms with E-state index in [1.54, 1.807) is 6.92 Å². The molecule has 76 valence electrons. The van der Waals surface area contributed by atoms with E-state index in [0.717, 1.165) is 5.56 Å². The standard InChI is InChI=1S/C14H14O/c1-10(11(2)15)13-9-5-7-12-6-3-4-8-14(12)13/h3-10H,1-2H3. The average molecular weight is 198 g/mol. The maximum absolute atomic E-state index is 11.4. The van der Waals surface area contributed by atoms with E-state index in [-0.39, 0.29) is 11.7 Å². The van der Waals surface area contributed by atoms with Crippen molar-refractivity contribution in [3.63, 3.8) is 0 Å². The van der Waals surface area contributed by atoms with Gasteiger partial charge in [0.15, 0.2) is 0 Å². The molecule has 1 unspecified atom stereocenters. The van der Waals surface area contributed by atoms with Gasteiger partial charge in [-0.3, -0.25) is 4.79 Å². The molecule has 1 nitrogen and oxygen atoms in total. The van der Waals surface area contributed by atoms with Crippen molar-refractivity contribution in [1.82, 2.24) is 0 Å². The first-order valence-electron chi connectivity index (χ1n) is 5.18. The van der Waals surface area contributed by atoms with Crippen molar-refractivity contribution in [3.8, 4) is 0 Å². The normalized spacial score (nSPS) is 12.7.